The first-order chi connectivity index (χ1) is 13.0. The SMILES string of the molecule is CCN(CC)CC1CCN(C(=NCC(=O)N(C)C)NCCc2cccs2)C1. The summed E-state index contributed by atoms with van der Waals surface area (Å²) in [6.45, 7) is 10.9. The molecule has 1 aliphatic heterocycles. The molecule has 2 rings (SSSR count). The molecule has 152 valence electrons. The van der Waals surface area contributed by atoms with Gasteiger partial charge in [0.1, 0.15) is 6.54 Å². The largest absolute Gasteiger partial charge is 0.356 e. The highest BCUT2D eigenvalue weighted by atomic mass is 32.1. The number of likely N-dealkylation sites (N-methyl/N-ethyl adjacent to an activating group) is 1. The number of rotatable bonds is 9. The summed E-state index contributed by atoms with van der Waals surface area (Å²) in [6, 6.07) is 4.25. The Balaban J connectivity index is 1.94. The molecule has 1 fully saturated rings. The number of hydrogen-bond donors (Lipinski definition) is 1. The molecule has 6 nitrogen and oxygen atoms in total. The zero-order valence-electron chi connectivity index (χ0n) is 17.3. The van der Waals surface area contributed by atoms with Gasteiger partial charge in [-0.3, -0.25) is 4.79 Å². The summed E-state index contributed by atoms with van der Waals surface area (Å²) in [4.78, 5) is 24.4. The summed E-state index contributed by atoms with van der Waals surface area (Å²) in [5.41, 5.74) is 0. The number of thiophene rings is 1. The van der Waals surface area contributed by atoms with Crippen molar-refractivity contribution in [3.63, 3.8) is 0 Å². The van der Waals surface area contributed by atoms with E-state index in [9.17, 15) is 4.79 Å². The summed E-state index contributed by atoms with van der Waals surface area (Å²) in [7, 11) is 3.55. The van der Waals surface area contributed by atoms with Crippen molar-refractivity contribution in [3.8, 4) is 0 Å². The van der Waals surface area contributed by atoms with E-state index in [1.54, 1.807) is 30.3 Å². The molecule has 1 amide bonds. The predicted octanol–water partition coefficient (Wildman–Crippen LogP) is 1.99. The van der Waals surface area contributed by atoms with Crippen LogP contribution in [0.15, 0.2) is 22.5 Å². The molecule has 0 aliphatic carbocycles. The number of nitrogens with one attached hydrogen (secondary N) is 1. The van der Waals surface area contributed by atoms with Gasteiger partial charge in [0.15, 0.2) is 5.96 Å². The molecule has 1 unspecified atom stereocenters. The Bertz CT molecular complexity index is 583. The van der Waals surface area contributed by atoms with Gasteiger partial charge >= 0.3 is 0 Å². The molecule has 1 aliphatic rings. The third-order valence-electron chi connectivity index (χ3n) is 5.09. The number of guanidine groups is 1. The predicted molar refractivity (Wildman–Crippen MR) is 114 cm³/mol. The van der Waals surface area contributed by atoms with Gasteiger partial charge in [0.25, 0.3) is 0 Å². The van der Waals surface area contributed by atoms with Crippen LogP contribution in [0.4, 0.5) is 0 Å². The Kier molecular flexibility index (Phi) is 9.07. The highest BCUT2D eigenvalue weighted by Gasteiger charge is 2.26. The topological polar surface area (TPSA) is 51.2 Å². The number of carbonyl (C=O) groups excluding carboxylic acids is 1. The number of aliphatic imine (C=N–C) groups is 1. The van der Waals surface area contributed by atoms with Crippen LogP contribution in [0, 0.1) is 5.92 Å². The standard InChI is InChI=1S/C20H35N5OS/c1-5-24(6-2)15-17-10-12-25(16-17)20(22-14-19(26)23(3)4)21-11-9-18-8-7-13-27-18/h7-8,13,17H,5-6,9-12,14-16H2,1-4H3,(H,21,22). The van der Waals surface area contributed by atoms with E-state index in [1.165, 1.54) is 11.3 Å². The zero-order valence-corrected chi connectivity index (χ0v) is 18.1. The lowest BCUT2D eigenvalue weighted by Crippen LogP contribution is -2.42. The summed E-state index contributed by atoms with van der Waals surface area (Å²) >= 11 is 1.78. The summed E-state index contributed by atoms with van der Waals surface area (Å²) < 4.78 is 0. The van der Waals surface area contributed by atoms with Crippen LogP contribution in [0.2, 0.25) is 0 Å². The summed E-state index contributed by atoms with van der Waals surface area (Å²) in [6.07, 6.45) is 2.17. The van der Waals surface area contributed by atoms with Gasteiger partial charge in [-0.05, 0) is 43.3 Å². The molecule has 1 N–H and O–H groups in total. The Morgan fingerprint density at radius 1 is 1.37 bits per heavy atom. The molecule has 0 radical (unpaired) electrons. The van der Waals surface area contributed by atoms with Gasteiger partial charge in [-0.1, -0.05) is 19.9 Å². The Labute approximate surface area is 168 Å². The fraction of sp³-hybridized carbons (Fsp3) is 0.700. The minimum Gasteiger partial charge on any atom is -0.356 e. The third-order valence-corrected chi connectivity index (χ3v) is 6.03. The van der Waals surface area contributed by atoms with Gasteiger partial charge < -0.3 is 20.0 Å². The van der Waals surface area contributed by atoms with Crippen molar-refractivity contribution in [1.29, 1.82) is 0 Å². The van der Waals surface area contributed by atoms with Crippen LogP contribution in [0.1, 0.15) is 25.1 Å². The molecule has 1 aromatic heterocycles. The van der Waals surface area contributed by atoms with Crippen LogP contribution in [0.3, 0.4) is 0 Å². The van der Waals surface area contributed by atoms with Gasteiger partial charge in [0, 0.05) is 45.2 Å². The van der Waals surface area contributed by atoms with Crippen molar-refractivity contribution in [2.45, 2.75) is 26.7 Å². The Morgan fingerprint density at radius 3 is 2.78 bits per heavy atom. The minimum atomic E-state index is 0.0337. The van der Waals surface area contributed by atoms with Crippen LogP contribution in [0.5, 0.6) is 0 Å². The fourth-order valence-electron chi connectivity index (χ4n) is 3.32. The Hall–Kier alpha value is -1.60. The lowest BCUT2D eigenvalue weighted by Gasteiger charge is -2.24. The fourth-order valence-corrected chi connectivity index (χ4v) is 4.03. The molecular formula is C20H35N5OS. The Morgan fingerprint density at radius 2 is 2.15 bits per heavy atom. The molecule has 27 heavy (non-hydrogen) atoms. The van der Waals surface area contributed by atoms with E-state index in [2.05, 4.69) is 51.5 Å². The maximum atomic E-state index is 12.0. The van der Waals surface area contributed by atoms with Gasteiger partial charge in [-0.2, -0.15) is 0 Å². The second-order valence-electron chi connectivity index (χ2n) is 7.27. The molecule has 1 saturated heterocycles. The molecule has 1 aromatic rings. The minimum absolute atomic E-state index is 0.0337. The van der Waals surface area contributed by atoms with Gasteiger partial charge in [-0.15, -0.1) is 11.3 Å². The van der Waals surface area contributed by atoms with E-state index in [1.807, 2.05) is 0 Å². The number of amides is 1. The van der Waals surface area contributed by atoms with Crippen LogP contribution >= 0.6 is 11.3 Å². The van der Waals surface area contributed by atoms with E-state index in [0.29, 0.717) is 5.92 Å². The van der Waals surface area contributed by atoms with E-state index < -0.39 is 0 Å². The zero-order chi connectivity index (χ0) is 19.6. The van der Waals surface area contributed by atoms with E-state index in [0.717, 1.165) is 51.6 Å². The van der Waals surface area contributed by atoms with Gasteiger partial charge in [0.2, 0.25) is 5.91 Å². The molecular weight excluding hydrogens is 358 g/mol. The number of likely N-dealkylation sites (tertiary alicyclic amines) is 1. The summed E-state index contributed by atoms with van der Waals surface area (Å²) in [5.74, 6) is 1.58. The first-order valence-electron chi connectivity index (χ1n) is 10.0. The molecule has 0 aromatic carbocycles. The van der Waals surface area contributed by atoms with Crippen LogP contribution in [0.25, 0.3) is 0 Å². The van der Waals surface area contributed by atoms with Crippen molar-refractivity contribution < 1.29 is 4.79 Å². The lowest BCUT2D eigenvalue weighted by molar-refractivity contribution is -0.127. The maximum Gasteiger partial charge on any atom is 0.243 e. The highest BCUT2D eigenvalue weighted by molar-refractivity contribution is 7.09. The maximum absolute atomic E-state index is 12.0. The average molecular weight is 394 g/mol. The first-order valence-corrected chi connectivity index (χ1v) is 10.9. The molecule has 0 saturated carbocycles. The third kappa shape index (κ3) is 7.14. The number of nitrogens with zero attached hydrogens (tertiary/aromatic N) is 4. The number of carbonyl (C=O) groups is 1. The van der Waals surface area contributed by atoms with E-state index >= 15 is 0 Å². The molecule has 0 bridgehead atoms. The molecule has 1 atom stereocenters. The van der Waals surface area contributed by atoms with Crippen LogP contribution < -0.4 is 5.32 Å². The quantitative estimate of drug-likeness (QED) is 0.515. The van der Waals surface area contributed by atoms with Crippen LogP contribution in [-0.2, 0) is 11.2 Å². The van der Waals surface area contributed by atoms with E-state index in [4.69, 9.17) is 0 Å². The lowest BCUT2D eigenvalue weighted by atomic mass is 10.1. The van der Waals surface area contributed by atoms with Crippen molar-refractivity contribution in [1.82, 2.24) is 20.0 Å². The smallest absolute Gasteiger partial charge is 0.243 e. The number of hydrogen-bond acceptors (Lipinski definition) is 4. The van der Waals surface area contributed by atoms with E-state index in [-0.39, 0.29) is 12.5 Å². The van der Waals surface area contributed by atoms with Gasteiger partial charge in [0.05, 0.1) is 0 Å². The highest BCUT2D eigenvalue weighted by Crippen LogP contribution is 2.18. The van der Waals surface area contributed by atoms with Crippen LogP contribution in [-0.4, -0.2) is 86.5 Å². The molecule has 7 heteroatoms. The van der Waals surface area contributed by atoms with Crippen molar-refractivity contribution >= 4 is 23.2 Å². The monoisotopic (exact) mass is 393 g/mol. The van der Waals surface area contributed by atoms with Gasteiger partial charge in [-0.25, -0.2) is 4.99 Å². The van der Waals surface area contributed by atoms with Crippen molar-refractivity contribution in [2.24, 2.45) is 10.9 Å². The summed E-state index contributed by atoms with van der Waals surface area (Å²) in [5, 5.41) is 5.60. The average Bonchev–Trinajstić information content (AvgIpc) is 3.34. The normalized spacial score (nSPS) is 17.6. The van der Waals surface area contributed by atoms with Crippen molar-refractivity contribution in [3.05, 3.63) is 22.4 Å². The second kappa shape index (κ2) is 11.3. The molecule has 0 spiro atoms. The second-order valence-corrected chi connectivity index (χ2v) is 8.30. The van der Waals surface area contributed by atoms with Crippen molar-refractivity contribution in [2.75, 3.05) is 59.9 Å². The first kappa shape index (κ1) is 21.7. The molecule has 2 heterocycles.